The zero-order chi connectivity index (χ0) is 11.8. The number of amides is 1. The van der Waals surface area contributed by atoms with Crippen LogP contribution < -0.4 is 20.7 Å². The molecule has 0 radical (unpaired) electrons. The standard InChI is InChI=1S/C11H16N2O3/c1-15-9-4-6-10(7-5-9)16-8-2-3-11(14)13-12/h4-7H,2-3,8,12H2,1H3,(H,13,14). The molecule has 5 nitrogen and oxygen atoms in total. The summed E-state index contributed by atoms with van der Waals surface area (Å²) in [5.41, 5.74) is 2.07. The van der Waals surface area contributed by atoms with Crippen LogP contribution in [0.15, 0.2) is 24.3 Å². The SMILES string of the molecule is COc1ccc(OCCCC(=O)NN)cc1. The number of benzene rings is 1. The number of hydrogen-bond donors (Lipinski definition) is 2. The Labute approximate surface area is 94.5 Å². The molecule has 1 aromatic rings. The molecular formula is C11H16N2O3. The van der Waals surface area contributed by atoms with Crippen molar-refractivity contribution in [1.82, 2.24) is 5.43 Å². The minimum Gasteiger partial charge on any atom is -0.497 e. The lowest BCUT2D eigenvalue weighted by Crippen LogP contribution is -2.29. The van der Waals surface area contributed by atoms with E-state index in [0.717, 1.165) is 11.5 Å². The third-order valence-corrected chi connectivity index (χ3v) is 2.04. The Morgan fingerprint density at radius 3 is 2.50 bits per heavy atom. The molecule has 0 aliphatic rings. The molecule has 5 heteroatoms. The molecule has 0 aliphatic carbocycles. The van der Waals surface area contributed by atoms with Crippen LogP contribution in [-0.2, 0) is 4.79 Å². The van der Waals surface area contributed by atoms with Crippen LogP contribution in [-0.4, -0.2) is 19.6 Å². The Bertz CT molecular complexity index is 325. The smallest absolute Gasteiger partial charge is 0.234 e. The highest BCUT2D eigenvalue weighted by atomic mass is 16.5. The fourth-order valence-corrected chi connectivity index (χ4v) is 1.17. The van der Waals surface area contributed by atoms with Gasteiger partial charge in [-0.15, -0.1) is 0 Å². The summed E-state index contributed by atoms with van der Waals surface area (Å²) < 4.78 is 10.4. The number of hydrazine groups is 1. The van der Waals surface area contributed by atoms with Crippen molar-refractivity contribution in [2.75, 3.05) is 13.7 Å². The summed E-state index contributed by atoms with van der Waals surface area (Å²) in [5, 5.41) is 0. The van der Waals surface area contributed by atoms with E-state index in [1.54, 1.807) is 7.11 Å². The topological polar surface area (TPSA) is 73.6 Å². The quantitative estimate of drug-likeness (QED) is 0.325. The number of hydrogen-bond acceptors (Lipinski definition) is 4. The molecule has 0 saturated heterocycles. The van der Waals surface area contributed by atoms with E-state index in [9.17, 15) is 4.79 Å². The molecule has 0 saturated carbocycles. The van der Waals surface area contributed by atoms with Crippen molar-refractivity contribution in [2.24, 2.45) is 5.84 Å². The van der Waals surface area contributed by atoms with Crippen molar-refractivity contribution < 1.29 is 14.3 Å². The van der Waals surface area contributed by atoms with Gasteiger partial charge in [-0.25, -0.2) is 5.84 Å². The first-order valence-corrected chi connectivity index (χ1v) is 5.02. The highest BCUT2D eigenvalue weighted by molar-refractivity contribution is 5.75. The minimum absolute atomic E-state index is 0.182. The fraction of sp³-hybridized carbons (Fsp3) is 0.364. The molecule has 0 spiro atoms. The Morgan fingerprint density at radius 1 is 1.31 bits per heavy atom. The Kier molecular flexibility index (Phi) is 5.15. The van der Waals surface area contributed by atoms with Crippen LogP contribution in [0.5, 0.6) is 11.5 Å². The molecule has 0 unspecified atom stereocenters. The maximum Gasteiger partial charge on any atom is 0.234 e. The van der Waals surface area contributed by atoms with Crippen LogP contribution in [0.3, 0.4) is 0 Å². The fourth-order valence-electron chi connectivity index (χ4n) is 1.17. The number of ether oxygens (including phenoxy) is 2. The number of carbonyl (C=O) groups is 1. The molecule has 0 fully saturated rings. The zero-order valence-electron chi connectivity index (χ0n) is 9.23. The monoisotopic (exact) mass is 224 g/mol. The summed E-state index contributed by atoms with van der Waals surface area (Å²) >= 11 is 0. The Balaban J connectivity index is 2.24. The maximum absolute atomic E-state index is 10.8. The van der Waals surface area contributed by atoms with Gasteiger partial charge in [0, 0.05) is 6.42 Å². The predicted molar refractivity (Wildman–Crippen MR) is 60.1 cm³/mol. The normalized spacial score (nSPS) is 9.62. The molecule has 1 rings (SSSR count). The van der Waals surface area contributed by atoms with E-state index in [0.29, 0.717) is 19.4 Å². The molecule has 0 heterocycles. The van der Waals surface area contributed by atoms with Crippen molar-refractivity contribution in [3.05, 3.63) is 24.3 Å². The lowest BCUT2D eigenvalue weighted by Gasteiger charge is -2.06. The molecule has 0 aromatic heterocycles. The number of nitrogens with two attached hydrogens (primary N) is 1. The minimum atomic E-state index is -0.182. The third kappa shape index (κ3) is 4.18. The number of methoxy groups -OCH3 is 1. The van der Waals surface area contributed by atoms with Crippen LogP contribution in [0, 0.1) is 0 Å². The summed E-state index contributed by atoms with van der Waals surface area (Å²) in [6, 6.07) is 7.29. The highest BCUT2D eigenvalue weighted by Crippen LogP contribution is 2.17. The van der Waals surface area contributed by atoms with Gasteiger partial charge in [0.1, 0.15) is 11.5 Å². The second-order valence-corrected chi connectivity index (χ2v) is 3.20. The van der Waals surface area contributed by atoms with Gasteiger partial charge in [0.25, 0.3) is 0 Å². The van der Waals surface area contributed by atoms with Crippen LogP contribution in [0.2, 0.25) is 0 Å². The van der Waals surface area contributed by atoms with Gasteiger partial charge in [-0.3, -0.25) is 10.2 Å². The van der Waals surface area contributed by atoms with Gasteiger partial charge in [0.2, 0.25) is 5.91 Å². The molecule has 16 heavy (non-hydrogen) atoms. The average molecular weight is 224 g/mol. The van der Waals surface area contributed by atoms with Crippen LogP contribution >= 0.6 is 0 Å². The highest BCUT2D eigenvalue weighted by Gasteiger charge is 1.99. The van der Waals surface area contributed by atoms with Crippen molar-refractivity contribution in [1.29, 1.82) is 0 Å². The van der Waals surface area contributed by atoms with E-state index in [1.807, 2.05) is 24.3 Å². The van der Waals surface area contributed by atoms with Gasteiger partial charge in [-0.05, 0) is 30.7 Å². The molecule has 0 aliphatic heterocycles. The lowest BCUT2D eigenvalue weighted by atomic mass is 10.3. The largest absolute Gasteiger partial charge is 0.497 e. The summed E-state index contributed by atoms with van der Waals surface area (Å²) in [4.78, 5) is 10.8. The first kappa shape index (κ1) is 12.3. The van der Waals surface area contributed by atoms with Crippen molar-refractivity contribution in [3.8, 4) is 11.5 Å². The van der Waals surface area contributed by atoms with Crippen molar-refractivity contribution in [3.63, 3.8) is 0 Å². The van der Waals surface area contributed by atoms with Gasteiger partial charge >= 0.3 is 0 Å². The Hall–Kier alpha value is -1.75. The summed E-state index contributed by atoms with van der Waals surface area (Å²) in [5.74, 6) is 6.31. The maximum atomic E-state index is 10.8. The van der Waals surface area contributed by atoms with Gasteiger partial charge in [0.05, 0.1) is 13.7 Å². The predicted octanol–water partition coefficient (Wildman–Crippen LogP) is 0.844. The second-order valence-electron chi connectivity index (χ2n) is 3.20. The van der Waals surface area contributed by atoms with E-state index in [-0.39, 0.29) is 5.91 Å². The van der Waals surface area contributed by atoms with Crippen LogP contribution in [0.4, 0.5) is 0 Å². The summed E-state index contributed by atoms with van der Waals surface area (Å²) in [7, 11) is 1.61. The number of rotatable bonds is 6. The molecule has 1 amide bonds. The molecule has 1 aromatic carbocycles. The summed E-state index contributed by atoms with van der Waals surface area (Å²) in [6.45, 7) is 0.486. The van der Waals surface area contributed by atoms with Gasteiger partial charge < -0.3 is 9.47 Å². The second kappa shape index (κ2) is 6.68. The van der Waals surface area contributed by atoms with E-state index in [4.69, 9.17) is 15.3 Å². The molecule has 0 bridgehead atoms. The first-order valence-electron chi connectivity index (χ1n) is 5.02. The van der Waals surface area contributed by atoms with Crippen molar-refractivity contribution in [2.45, 2.75) is 12.8 Å². The van der Waals surface area contributed by atoms with Crippen LogP contribution in [0.25, 0.3) is 0 Å². The van der Waals surface area contributed by atoms with E-state index >= 15 is 0 Å². The average Bonchev–Trinajstić information content (AvgIpc) is 2.35. The molecule has 0 atom stereocenters. The van der Waals surface area contributed by atoms with Gasteiger partial charge in [-0.2, -0.15) is 0 Å². The zero-order valence-corrected chi connectivity index (χ0v) is 9.23. The van der Waals surface area contributed by atoms with Gasteiger partial charge in [0.15, 0.2) is 0 Å². The van der Waals surface area contributed by atoms with E-state index < -0.39 is 0 Å². The molecule has 3 N–H and O–H groups in total. The number of carbonyl (C=O) groups excluding carboxylic acids is 1. The number of nitrogens with one attached hydrogen (secondary N) is 1. The van der Waals surface area contributed by atoms with Crippen molar-refractivity contribution >= 4 is 5.91 Å². The summed E-state index contributed by atoms with van der Waals surface area (Å²) in [6.07, 6.45) is 1.00. The van der Waals surface area contributed by atoms with E-state index in [2.05, 4.69) is 5.43 Å². The molecular weight excluding hydrogens is 208 g/mol. The Morgan fingerprint density at radius 2 is 1.94 bits per heavy atom. The van der Waals surface area contributed by atoms with Gasteiger partial charge in [-0.1, -0.05) is 0 Å². The lowest BCUT2D eigenvalue weighted by molar-refractivity contribution is -0.121. The first-order chi connectivity index (χ1) is 7.76. The van der Waals surface area contributed by atoms with E-state index in [1.165, 1.54) is 0 Å². The van der Waals surface area contributed by atoms with Crippen LogP contribution in [0.1, 0.15) is 12.8 Å². The molecule has 88 valence electrons. The third-order valence-electron chi connectivity index (χ3n) is 2.04.